The van der Waals surface area contributed by atoms with Crippen molar-refractivity contribution in [2.75, 3.05) is 0 Å². The highest BCUT2D eigenvalue weighted by Crippen LogP contribution is 2.13. The molecule has 0 radical (unpaired) electrons. The maximum atomic E-state index is 11.8. The van der Waals surface area contributed by atoms with E-state index in [-0.39, 0.29) is 16.6 Å². The summed E-state index contributed by atoms with van der Waals surface area (Å²) in [5, 5.41) is 2.16. The van der Waals surface area contributed by atoms with E-state index in [2.05, 4.69) is 9.71 Å². The zero-order chi connectivity index (χ0) is 12.3. The molecule has 17 heavy (non-hydrogen) atoms. The van der Waals surface area contributed by atoms with Crippen molar-refractivity contribution in [1.82, 2.24) is 9.71 Å². The lowest BCUT2D eigenvalue weighted by Crippen LogP contribution is -2.22. The van der Waals surface area contributed by atoms with E-state index in [4.69, 9.17) is 11.6 Å². The van der Waals surface area contributed by atoms with Crippen LogP contribution in [-0.4, -0.2) is 13.4 Å². The Kier molecular flexibility index (Phi) is 3.78. The lowest BCUT2D eigenvalue weighted by molar-refractivity contribution is 0.581. The maximum absolute atomic E-state index is 11.8. The molecule has 7 heteroatoms. The fourth-order valence-electron chi connectivity index (χ4n) is 1.18. The number of nitrogens with one attached hydrogen (secondary N) is 1. The predicted octanol–water partition coefficient (Wildman–Crippen LogP) is 2.28. The largest absolute Gasteiger partial charge is 0.243 e. The minimum Gasteiger partial charge on any atom is -0.243 e. The molecule has 2 aromatic rings. The molecule has 0 saturated carbocycles. The van der Waals surface area contributed by atoms with Gasteiger partial charge in [-0.2, -0.15) is 0 Å². The van der Waals surface area contributed by atoms with Crippen molar-refractivity contribution in [3.8, 4) is 0 Å². The van der Waals surface area contributed by atoms with E-state index in [9.17, 15) is 8.42 Å². The van der Waals surface area contributed by atoms with Crippen LogP contribution >= 0.6 is 22.9 Å². The third-order valence-electron chi connectivity index (χ3n) is 2.03. The molecule has 1 N–H and O–H groups in total. The van der Waals surface area contributed by atoms with Gasteiger partial charge in [-0.05, 0) is 23.6 Å². The normalized spacial score (nSPS) is 11.6. The number of halogens is 1. The SMILES string of the molecule is O=S(=O)(NCc1cccs1)c1ccc(Cl)nc1. The molecule has 0 bridgehead atoms. The Labute approximate surface area is 108 Å². The molecule has 2 aromatic heterocycles. The van der Waals surface area contributed by atoms with Crippen LogP contribution in [0.5, 0.6) is 0 Å². The zero-order valence-corrected chi connectivity index (χ0v) is 11.0. The summed E-state index contributed by atoms with van der Waals surface area (Å²) in [6.45, 7) is 0.280. The van der Waals surface area contributed by atoms with Crippen molar-refractivity contribution < 1.29 is 8.42 Å². The summed E-state index contributed by atoms with van der Waals surface area (Å²) >= 11 is 7.09. The van der Waals surface area contributed by atoms with Crippen LogP contribution in [0.3, 0.4) is 0 Å². The van der Waals surface area contributed by atoms with Gasteiger partial charge in [0, 0.05) is 17.6 Å². The number of sulfonamides is 1. The fourth-order valence-corrected chi connectivity index (χ4v) is 2.98. The highest BCUT2D eigenvalue weighted by atomic mass is 35.5. The van der Waals surface area contributed by atoms with E-state index in [1.54, 1.807) is 0 Å². The highest BCUT2D eigenvalue weighted by molar-refractivity contribution is 7.89. The molecule has 2 heterocycles. The monoisotopic (exact) mass is 288 g/mol. The first kappa shape index (κ1) is 12.5. The second kappa shape index (κ2) is 5.14. The molecule has 4 nitrogen and oxygen atoms in total. The van der Waals surface area contributed by atoms with Crippen LogP contribution in [0.4, 0.5) is 0 Å². The molecule has 0 fully saturated rings. The highest BCUT2D eigenvalue weighted by Gasteiger charge is 2.13. The Bertz CT molecular complexity index is 579. The Morgan fingerprint density at radius 1 is 1.35 bits per heavy atom. The van der Waals surface area contributed by atoms with Gasteiger partial charge in [0.05, 0.1) is 0 Å². The number of rotatable bonds is 4. The van der Waals surface area contributed by atoms with Crippen LogP contribution in [-0.2, 0) is 16.6 Å². The van der Waals surface area contributed by atoms with Gasteiger partial charge >= 0.3 is 0 Å². The van der Waals surface area contributed by atoms with E-state index in [1.165, 1.54) is 29.7 Å². The van der Waals surface area contributed by atoms with Gasteiger partial charge in [-0.25, -0.2) is 18.1 Å². The number of pyridine rings is 1. The van der Waals surface area contributed by atoms with Crippen molar-refractivity contribution in [3.63, 3.8) is 0 Å². The average Bonchev–Trinajstić information content (AvgIpc) is 2.80. The van der Waals surface area contributed by atoms with E-state index < -0.39 is 10.0 Å². The smallest absolute Gasteiger partial charge is 0.242 e. The number of nitrogens with zero attached hydrogens (tertiary/aromatic N) is 1. The second-order valence-electron chi connectivity index (χ2n) is 3.22. The van der Waals surface area contributed by atoms with Crippen molar-refractivity contribution in [1.29, 1.82) is 0 Å². The second-order valence-corrected chi connectivity index (χ2v) is 6.41. The van der Waals surface area contributed by atoms with E-state index in [0.717, 1.165) is 4.88 Å². The van der Waals surface area contributed by atoms with Crippen LogP contribution in [0.2, 0.25) is 5.15 Å². The van der Waals surface area contributed by atoms with Crippen LogP contribution in [0.25, 0.3) is 0 Å². The summed E-state index contributed by atoms with van der Waals surface area (Å²) in [7, 11) is -3.52. The molecule has 0 spiro atoms. The molecule has 0 aromatic carbocycles. The topological polar surface area (TPSA) is 59.1 Å². The third-order valence-corrected chi connectivity index (χ3v) is 4.51. The van der Waals surface area contributed by atoms with E-state index >= 15 is 0 Å². The van der Waals surface area contributed by atoms with Gasteiger partial charge in [0.25, 0.3) is 0 Å². The molecule has 90 valence electrons. The maximum Gasteiger partial charge on any atom is 0.242 e. The van der Waals surface area contributed by atoms with Gasteiger partial charge < -0.3 is 0 Å². The van der Waals surface area contributed by atoms with Crippen LogP contribution in [0, 0.1) is 0 Å². The van der Waals surface area contributed by atoms with Crippen molar-refractivity contribution >= 4 is 33.0 Å². The Balaban J connectivity index is 2.11. The Hall–Kier alpha value is -0.950. The van der Waals surface area contributed by atoms with E-state index in [1.807, 2.05) is 17.5 Å². The summed E-state index contributed by atoms with van der Waals surface area (Å²) in [4.78, 5) is 4.80. The number of hydrogen-bond donors (Lipinski definition) is 1. The van der Waals surface area contributed by atoms with E-state index in [0.29, 0.717) is 0 Å². The molecule has 0 saturated heterocycles. The number of hydrogen-bond acceptors (Lipinski definition) is 4. The van der Waals surface area contributed by atoms with Crippen molar-refractivity contribution in [2.24, 2.45) is 0 Å². The summed E-state index contributed by atoms with van der Waals surface area (Å²) in [5.41, 5.74) is 0. The van der Waals surface area contributed by atoms with Gasteiger partial charge in [-0.15, -0.1) is 11.3 Å². The molecule has 0 unspecified atom stereocenters. The summed E-state index contributed by atoms with van der Waals surface area (Å²) in [5.74, 6) is 0. The predicted molar refractivity (Wildman–Crippen MR) is 67.6 cm³/mol. The van der Waals surface area contributed by atoms with Gasteiger partial charge in [0.1, 0.15) is 10.0 Å². The first-order valence-electron chi connectivity index (χ1n) is 4.71. The molecule has 0 amide bonds. The molecular formula is C10H9ClN2O2S2. The molecule has 0 atom stereocenters. The van der Waals surface area contributed by atoms with Crippen molar-refractivity contribution in [3.05, 3.63) is 45.9 Å². The number of thiophene rings is 1. The average molecular weight is 289 g/mol. The Morgan fingerprint density at radius 3 is 2.76 bits per heavy atom. The standard InChI is InChI=1S/C10H9ClN2O2S2/c11-10-4-3-9(7-12-10)17(14,15)13-6-8-2-1-5-16-8/h1-5,7,13H,6H2. The summed E-state index contributed by atoms with van der Waals surface area (Å²) in [6, 6.07) is 6.61. The third kappa shape index (κ3) is 3.26. The van der Waals surface area contributed by atoms with Crippen LogP contribution in [0.15, 0.2) is 40.7 Å². The van der Waals surface area contributed by atoms with Crippen LogP contribution < -0.4 is 4.72 Å². The zero-order valence-electron chi connectivity index (χ0n) is 8.63. The summed E-state index contributed by atoms with van der Waals surface area (Å²) in [6.07, 6.45) is 1.24. The molecule has 2 rings (SSSR count). The molecular weight excluding hydrogens is 280 g/mol. The molecule has 0 aliphatic carbocycles. The van der Waals surface area contributed by atoms with Gasteiger partial charge in [-0.1, -0.05) is 17.7 Å². The lowest BCUT2D eigenvalue weighted by Gasteiger charge is -2.04. The lowest BCUT2D eigenvalue weighted by atomic mass is 10.5. The fraction of sp³-hybridized carbons (Fsp3) is 0.100. The quantitative estimate of drug-likeness (QED) is 0.878. The molecule has 0 aliphatic heterocycles. The van der Waals surface area contributed by atoms with Gasteiger partial charge in [0.15, 0.2) is 0 Å². The van der Waals surface area contributed by atoms with Gasteiger partial charge in [0.2, 0.25) is 10.0 Å². The van der Waals surface area contributed by atoms with Gasteiger partial charge in [-0.3, -0.25) is 0 Å². The van der Waals surface area contributed by atoms with Crippen LogP contribution in [0.1, 0.15) is 4.88 Å². The van der Waals surface area contributed by atoms with Crippen molar-refractivity contribution in [2.45, 2.75) is 11.4 Å². The molecule has 0 aliphatic rings. The first-order valence-corrected chi connectivity index (χ1v) is 7.45. The first-order chi connectivity index (χ1) is 8.08. The summed E-state index contributed by atoms with van der Waals surface area (Å²) < 4.78 is 26.2. The Morgan fingerprint density at radius 2 is 2.18 bits per heavy atom. The minimum absolute atomic E-state index is 0.110. The number of aromatic nitrogens is 1. The minimum atomic E-state index is -3.52.